The first-order valence-electron chi connectivity index (χ1n) is 7.20. The van der Waals surface area contributed by atoms with Crippen LogP contribution in [0.4, 0.5) is 5.69 Å². The highest BCUT2D eigenvalue weighted by Crippen LogP contribution is 2.30. The third-order valence-corrected chi connectivity index (χ3v) is 4.59. The summed E-state index contributed by atoms with van der Waals surface area (Å²) in [6.45, 7) is 5.36. The van der Waals surface area contributed by atoms with Crippen LogP contribution in [0.5, 0.6) is 0 Å². The number of aryl methyl sites for hydroxylation is 3. The number of amides is 2. The molecule has 0 saturated heterocycles. The van der Waals surface area contributed by atoms with Crippen molar-refractivity contribution in [3.63, 3.8) is 0 Å². The van der Waals surface area contributed by atoms with E-state index in [4.69, 9.17) is 4.42 Å². The minimum Gasteiger partial charge on any atom is -0.465 e. The maximum absolute atomic E-state index is 13.1. The minimum atomic E-state index is -0.274. The van der Waals surface area contributed by atoms with Gasteiger partial charge in [-0.2, -0.15) is 0 Å². The summed E-state index contributed by atoms with van der Waals surface area (Å²) in [4.78, 5) is 26.4. The lowest BCUT2D eigenvalue weighted by molar-refractivity contribution is -0.119. The Labute approximate surface area is 143 Å². The highest BCUT2D eigenvalue weighted by atomic mass is 79.9. The van der Waals surface area contributed by atoms with Gasteiger partial charge in [0.15, 0.2) is 0 Å². The molecule has 0 aliphatic rings. The lowest BCUT2D eigenvalue weighted by Crippen LogP contribution is -2.40. The molecule has 0 atom stereocenters. The summed E-state index contributed by atoms with van der Waals surface area (Å²) >= 11 is 3.40. The number of hydrogen-bond acceptors (Lipinski definition) is 3. The molecule has 1 aromatic heterocycles. The van der Waals surface area contributed by atoms with Gasteiger partial charge in [-0.1, -0.05) is 18.2 Å². The third kappa shape index (κ3) is 3.47. The molecule has 5 nitrogen and oxygen atoms in total. The highest BCUT2D eigenvalue weighted by Gasteiger charge is 2.27. The number of furan rings is 1. The Balaban J connectivity index is 2.51. The number of halogens is 1. The van der Waals surface area contributed by atoms with E-state index in [2.05, 4.69) is 21.2 Å². The van der Waals surface area contributed by atoms with E-state index in [-0.39, 0.29) is 18.4 Å². The first-order chi connectivity index (χ1) is 10.9. The first kappa shape index (κ1) is 17.3. The monoisotopic (exact) mass is 378 g/mol. The van der Waals surface area contributed by atoms with Gasteiger partial charge < -0.3 is 9.73 Å². The molecule has 0 spiro atoms. The molecule has 0 radical (unpaired) electrons. The van der Waals surface area contributed by atoms with Gasteiger partial charge in [-0.25, -0.2) is 0 Å². The van der Waals surface area contributed by atoms with Gasteiger partial charge in [0.05, 0.1) is 10.0 Å². The summed E-state index contributed by atoms with van der Waals surface area (Å²) in [7, 11) is 1.55. The Kier molecular flexibility index (Phi) is 5.26. The van der Waals surface area contributed by atoms with Crippen LogP contribution in [0.15, 0.2) is 33.2 Å². The molecule has 1 heterocycles. The van der Waals surface area contributed by atoms with Gasteiger partial charge in [0.2, 0.25) is 5.91 Å². The Bertz CT molecular complexity index is 752. The molecule has 23 heavy (non-hydrogen) atoms. The summed E-state index contributed by atoms with van der Waals surface area (Å²) in [5.41, 5.74) is 2.06. The van der Waals surface area contributed by atoms with Gasteiger partial charge in [-0.3, -0.25) is 14.5 Å². The molecule has 0 aliphatic carbocycles. The van der Waals surface area contributed by atoms with Crippen molar-refractivity contribution in [2.75, 3.05) is 18.5 Å². The summed E-state index contributed by atoms with van der Waals surface area (Å²) in [6, 6.07) is 7.47. The number of carbonyl (C=O) groups is 2. The van der Waals surface area contributed by atoms with Gasteiger partial charge in [0.1, 0.15) is 18.1 Å². The Morgan fingerprint density at radius 1 is 1.17 bits per heavy atom. The van der Waals surface area contributed by atoms with E-state index in [0.717, 1.165) is 5.56 Å². The van der Waals surface area contributed by atoms with Crippen molar-refractivity contribution >= 4 is 33.4 Å². The fourth-order valence-electron chi connectivity index (χ4n) is 2.39. The molecule has 2 rings (SSSR count). The number of nitrogens with zero attached hydrogens (tertiary/aromatic N) is 1. The van der Waals surface area contributed by atoms with Crippen LogP contribution in [0.1, 0.15) is 27.4 Å². The van der Waals surface area contributed by atoms with E-state index in [1.54, 1.807) is 20.9 Å². The van der Waals surface area contributed by atoms with Crippen LogP contribution in [0.3, 0.4) is 0 Å². The van der Waals surface area contributed by atoms with Crippen LogP contribution in [0.25, 0.3) is 0 Å². The average Bonchev–Trinajstić information content (AvgIpc) is 2.77. The van der Waals surface area contributed by atoms with Gasteiger partial charge in [0, 0.05) is 12.7 Å². The van der Waals surface area contributed by atoms with Crippen LogP contribution in [0, 0.1) is 20.8 Å². The number of nitrogens with one attached hydrogen (secondary N) is 1. The predicted octanol–water partition coefficient (Wildman–Crippen LogP) is 3.36. The minimum absolute atomic E-state index is 0.0592. The van der Waals surface area contributed by atoms with E-state index in [9.17, 15) is 9.59 Å². The quantitative estimate of drug-likeness (QED) is 0.886. The molecule has 0 aliphatic heterocycles. The van der Waals surface area contributed by atoms with E-state index in [1.807, 2.05) is 31.2 Å². The van der Waals surface area contributed by atoms with Gasteiger partial charge in [-0.15, -0.1) is 0 Å². The Morgan fingerprint density at radius 3 is 2.35 bits per heavy atom. The second-order valence-corrected chi connectivity index (χ2v) is 6.05. The molecule has 0 unspecified atom stereocenters. The van der Waals surface area contributed by atoms with Crippen molar-refractivity contribution in [1.82, 2.24) is 5.32 Å². The molecule has 122 valence electrons. The average molecular weight is 379 g/mol. The number of carbonyl (C=O) groups excluding carboxylic acids is 2. The number of anilines is 1. The van der Waals surface area contributed by atoms with Crippen LogP contribution < -0.4 is 10.2 Å². The van der Waals surface area contributed by atoms with Crippen LogP contribution in [-0.4, -0.2) is 25.4 Å². The standard InChI is InChI=1S/C17H19BrN2O3/c1-10-7-5-6-8-13(10)20(9-14(21)19-4)17(22)15-11(2)23-12(3)16(15)18/h5-8H,9H2,1-4H3,(H,19,21). The summed E-state index contributed by atoms with van der Waals surface area (Å²) in [6.07, 6.45) is 0. The molecular weight excluding hydrogens is 360 g/mol. The van der Waals surface area contributed by atoms with E-state index in [1.165, 1.54) is 4.90 Å². The lowest BCUT2D eigenvalue weighted by Gasteiger charge is -2.23. The summed E-state index contributed by atoms with van der Waals surface area (Å²) < 4.78 is 6.14. The first-order valence-corrected chi connectivity index (χ1v) is 7.99. The molecule has 2 aromatic rings. The van der Waals surface area contributed by atoms with Gasteiger partial charge in [-0.05, 0) is 48.3 Å². The topological polar surface area (TPSA) is 62.6 Å². The van der Waals surface area contributed by atoms with E-state index in [0.29, 0.717) is 27.2 Å². The molecule has 0 fully saturated rings. The number of para-hydroxylation sites is 1. The number of benzene rings is 1. The maximum atomic E-state index is 13.1. The van der Waals surface area contributed by atoms with Crippen LogP contribution >= 0.6 is 15.9 Å². The SMILES string of the molecule is CNC(=O)CN(C(=O)c1c(C)oc(C)c1Br)c1ccccc1C. The number of rotatable bonds is 4. The maximum Gasteiger partial charge on any atom is 0.263 e. The summed E-state index contributed by atoms with van der Waals surface area (Å²) in [5, 5.41) is 2.56. The van der Waals surface area contributed by atoms with Crippen molar-refractivity contribution in [3.05, 3.63) is 51.4 Å². The fraction of sp³-hybridized carbons (Fsp3) is 0.294. The zero-order chi connectivity index (χ0) is 17.1. The largest absolute Gasteiger partial charge is 0.465 e. The van der Waals surface area contributed by atoms with E-state index < -0.39 is 0 Å². The number of likely N-dealkylation sites (N-methyl/N-ethyl adjacent to an activating group) is 1. The van der Waals surface area contributed by atoms with Crippen LogP contribution in [0.2, 0.25) is 0 Å². The van der Waals surface area contributed by atoms with Crippen molar-refractivity contribution in [3.8, 4) is 0 Å². The molecule has 6 heteroatoms. The normalized spacial score (nSPS) is 10.5. The zero-order valence-electron chi connectivity index (χ0n) is 13.6. The molecule has 1 aromatic carbocycles. The van der Waals surface area contributed by atoms with Gasteiger partial charge in [0.25, 0.3) is 5.91 Å². The van der Waals surface area contributed by atoms with Crippen molar-refractivity contribution in [1.29, 1.82) is 0 Å². The second-order valence-electron chi connectivity index (χ2n) is 5.25. The van der Waals surface area contributed by atoms with Crippen molar-refractivity contribution in [2.24, 2.45) is 0 Å². The fourth-order valence-corrected chi connectivity index (χ4v) is 2.92. The highest BCUT2D eigenvalue weighted by molar-refractivity contribution is 9.10. The molecule has 0 saturated carbocycles. The smallest absolute Gasteiger partial charge is 0.263 e. The second kappa shape index (κ2) is 7.00. The Morgan fingerprint density at radius 2 is 1.83 bits per heavy atom. The lowest BCUT2D eigenvalue weighted by atomic mass is 10.1. The molecule has 2 amide bonds. The Hall–Kier alpha value is -2.08. The number of hydrogen-bond donors (Lipinski definition) is 1. The molecule has 0 bridgehead atoms. The van der Waals surface area contributed by atoms with Crippen molar-refractivity contribution in [2.45, 2.75) is 20.8 Å². The molecule has 1 N–H and O–H groups in total. The molecular formula is C17H19BrN2O3. The van der Waals surface area contributed by atoms with E-state index >= 15 is 0 Å². The van der Waals surface area contributed by atoms with Crippen LogP contribution in [-0.2, 0) is 4.79 Å². The summed E-state index contributed by atoms with van der Waals surface area (Å²) in [5.74, 6) is 0.644. The third-order valence-electron chi connectivity index (χ3n) is 3.63. The van der Waals surface area contributed by atoms with Crippen molar-refractivity contribution < 1.29 is 14.0 Å². The predicted molar refractivity (Wildman–Crippen MR) is 92.8 cm³/mol. The van der Waals surface area contributed by atoms with Gasteiger partial charge >= 0.3 is 0 Å². The zero-order valence-corrected chi connectivity index (χ0v) is 15.2.